The van der Waals surface area contributed by atoms with Crippen LogP contribution >= 0.6 is 11.6 Å². The number of amides is 1. The molecule has 5 rings (SSSR count). The van der Waals surface area contributed by atoms with Gasteiger partial charge in [0, 0.05) is 70.2 Å². The summed E-state index contributed by atoms with van der Waals surface area (Å²) in [6, 6.07) is 0.772. The van der Waals surface area contributed by atoms with Crippen LogP contribution in [0.1, 0.15) is 33.1 Å². The average molecular weight is 571 g/mol. The topological polar surface area (TPSA) is 124 Å². The Labute approximate surface area is 237 Å². The number of nitrogens with zero attached hydrogens (tertiary/aromatic N) is 4. The first-order chi connectivity index (χ1) is 18.6. The molecule has 5 aliphatic heterocycles. The number of rotatable bonds is 6. The van der Waals surface area contributed by atoms with Gasteiger partial charge in [-0.1, -0.05) is 13.8 Å². The highest BCUT2D eigenvalue weighted by atomic mass is 35.5. The number of halogens is 2. The van der Waals surface area contributed by atoms with Crippen LogP contribution in [0.2, 0.25) is 0 Å². The molecule has 6 unspecified atom stereocenters. The molecule has 0 spiro atoms. The lowest BCUT2D eigenvalue weighted by molar-refractivity contribution is -0.125. The van der Waals surface area contributed by atoms with Gasteiger partial charge in [0.2, 0.25) is 5.91 Å². The van der Waals surface area contributed by atoms with Gasteiger partial charge in [0.1, 0.15) is 12.1 Å². The van der Waals surface area contributed by atoms with Crippen LogP contribution in [0.25, 0.3) is 0 Å². The zero-order valence-corrected chi connectivity index (χ0v) is 24.3. The zero-order valence-electron chi connectivity index (χ0n) is 23.5. The first kappa shape index (κ1) is 29.6. The molecule has 0 radical (unpaired) electrons. The number of hydrogen-bond acceptors (Lipinski definition) is 9. The molecule has 222 valence electrons. The van der Waals surface area contributed by atoms with Gasteiger partial charge < -0.3 is 26.8 Å². The van der Waals surface area contributed by atoms with Crippen molar-refractivity contribution in [2.75, 3.05) is 72.1 Å². The second-order valence-electron chi connectivity index (χ2n) is 13.0. The molecule has 0 aliphatic carbocycles. The van der Waals surface area contributed by atoms with Crippen LogP contribution in [-0.4, -0.2) is 140 Å². The number of nitrogens with one attached hydrogen (secondary N) is 2. The van der Waals surface area contributed by atoms with Crippen molar-refractivity contribution >= 4 is 23.2 Å². The van der Waals surface area contributed by atoms with Crippen molar-refractivity contribution < 1.29 is 13.9 Å². The number of hydrogen-bond donors (Lipinski definition) is 4. The molecule has 12 heteroatoms. The summed E-state index contributed by atoms with van der Waals surface area (Å²) in [5.41, 5.74) is 12.8. The predicted molar refractivity (Wildman–Crippen MR) is 152 cm³/mol. The monoisotopic (exact) mass is 570 g/mol. The Bertz CT molecular complexity index is 890. The van der Waals surface area contributed by atoms with E-state index in [0.717, 1.165) is 58.9 Å². The molecule has 0 saturated carbocycles. The van der Waals surface area contributed by atoms with E-state index < -0.39 is 18.3 Å². The number of piperidine rings is 1. The van der Waals surface area contributed by atoms with E-state index in [1.54, 1.807) is 0 Å². The molecule has 0 aromatic rings. The maximum atomic E-state index is 14.4. The standard InChI is InChI=1S/C27H48ClFN8O2/c1-27(2)4-3-17(29)10-33-21(9-27)23(25(30)31)26(38)34-22-12-32-11-20(28)24(22)37-8-6-35-5-7-36(13-18(35)14-37)19-15-39-16-19/h17-20,22-25,32H,3-16,30-31H2,1-2H3,(H,34,38)/b33-21+. The summed E-state index contributed by atoms with van der Waals surface area (Å²) in [5.74, 6) is -1.05. The lowest BCUT2D eigenvalue weighted by Crippen LogP contribution is -2.71. The molecule has 6 atom stereocenters. The molecule has 4 saturated heterocycles. The van der Waals surface area contributed by atoms with Gasteiger partial charge >= 0.3 is 0 Å². The fourth-order valence-electron chi connectivity index (χ4n) is 7.05. The molecule has 5 aliphatic rings. The van der Waals surface area contributed by atoms with Gasteiger partial charge in [-0.05, 0) is 24.7 Å². The smallest absolute Gasteiger partial charge is 0.232 e. The van der Waals surface area contributed by atoms with Gasteiger partial charge in [0.15, 0.2) is 0 Å². The first-order valence-electron chi connectivity index (χ1n) is 14.7. The van der Waals surface area contributed by atoms with Gasteiger partial charge in [0.25, 0.3) is 0 Å². The number of nitrogens with two attached hydrogens (primary N) is 2. The summed E-state index contributed by atoms with van der Waals surface area (Å²) in [5, 5.41) is 6.51. The minimum absolute atomic E-state index is 0.0120. The second-order valence-corrected chi connectivity index (χ2v) is 13.6. The summed E-state index contributed by atoms with van der Waals surface area (Å²) in [6.07, 6.45) is -0.178. The van der Waals surface area contributed by atoms with Crippen LogP contribution in [0, 0.1) is 11.3 Å². The molecular weight excluding hydrogens is 523 g/mol. The highest BCUT2D eigenvalue weighted by Crippen LogP contribution is 2.33. The van der Waals surface area contributed by atoms with E-state index in [4.69, 9.17) is 27.8 Å². The minimum Gasteiger partial charge on any atom is -0.378 e. The van der Waals surface area contributed by atoms with E-state index in [1.807, 2.05) is 0 Å². The first-order valence-corrected chi connectivity index (χ1v) is 15.2. The Morgan fingerprint density at radius 3 is 2.51 bits per heavy atom. The lowest BCUT2D eigenvalue weighted by atomic mass is 9.77. The lowest BCUT2D eigenvalue weighted by Gasteiger charge is -2.53. The van der Waals surface area contributed by atoms with Crippen molar-refractivity contribution in [2.45, 2.75) is 75.0 Å². The van der Waals surface area contributed by atoms with Gasteiger partial charge in [-0.15, -0.1) is 11.6 Å². The van der Waals surface area contributed by atoms with Crippen LogP contribution in [0.5, 0.6) is 0 Å². The summed E-state index contributed by atoms with van der Waals surface area (Å²) >= 11 is 6.95. The third-order valence-electron chi connectivity index (χ3n) is 9.44. The molecule has 1 amide bonds. The second kappa shape index (κ2) is 12.5. The average Bonchev–Trinajstić information content (AvgIpc) is 2.84. The summed E-state index contributed by atoms with van der Waals surface area (Å²) in [4.78, 5) is 26.0. The van der Waals surface area contributed by atoms with E-state index in [9.17, 15) is 9.18 Å². The van der Waals surface area contributed by atoms with Crippen molar-refractivity contribution in [3.8, 4) is 0 Å². The minimum atomic E-state index is -1.02. The SMILES string of the molecule is CC1(C)CCC(F)C/N=C(/C(C(=O)NC2CNCC(Cl)C2N2CCN3CCN(C4COC4)CC3C2)C(N)N)C1. The van der Waals surface area contributed by atoms with E-state index in [2.05, 4.69) is 44.2 Å². The fourth-order valence-corrected chi connectivity index (χ4v) is 7.49. The molecule has 4 fully saturated rings. The van der Waals surface area contributed by atoms with Gasteiger partial charge in [-0.2, -0.15) is 0 Å². The van der Waals surface area contributed by atoms with Gasteiger partial charge in [0.05, 0.1) is 43.4 Å². The maximum absolute atomic E-state index is 14.4. The maximum Gasteiger partial charge on any atom is 0.232 e. The molecule has 0 bridgehead atoms. The normalized spacial score (nSPS) is 37.6. The molecular formula is C27H48ClFN8O2. The van der Waals surface area contributed by atoms with E-state index in [1.165, 1.54) is 0 Å². The number of carbonyl (C=O) groups excluding carboxylic acids is 1. The van der Waals surface area contributed by atoms with Gasteiger partial charge in [-0.25, -0.2) is 4.39 Å². The zero-order chi connectivity index (χ0) is 27.7. The quantitative estimate of drug-likeness (QED) is 0.251. The molecule has 5 heterocycles. The van der Waals surface area contributed by atoms with Crippen molar-refractivity contribution in [3.63, 3.8) is 0 Å². The molecule has 10 nitrogen and oxygen atoms in total. The number of fused-ring (bicyclic) bond motifs is 1. The van der Waals surface area contributed by atoms with E-state index >= 15 is 0 Å². The highest BCUT2D eigenvalue weighted by molar-refractivity contribution is 6.21. The van der Waals surface area contributed by atoms with Crippen molar-refractivity contribution in [3.05, 3.63) is 0 Å². The number of alkyl halides is 2. The number of carbonyl (C=O) groups is 1. The summed E-state index contributed by atoms with van der Waals surface area (Å²) < 4.78 is 19.8. The van der Waals surface area contributed by atoms with Crippen LogP contribution < -0.4 is 22.1 Å². The van der Waals surface area contributed by atoms with Crippen LogP contribution in [0.15, 0.2) is 4.99 Å². The molecule has 39 heavy (non-hydrogen) atoms. The summed E-state index contributed by atoms with van der Waals surface area (Å²) in [7, 11) is 0. The Kier molecular flexibility index (Phi) is 9.50. The third kappa shape index (κ3) is 6.94. The molecule has 0 aromatic heterocycles. The molecule has 6 N–H and O–H groups in total. The fraction of sp³-hybridized carbons (Fsp3) is 0.926. The largest absolute Gasteiger partial charge is 0.378 e. The Balaban J connectivity index is 1.28. The van der Waals surface area contributed by atoms with E-state index in [0.29, 0.717) is 43.7 Å². The van der Waals surface area contributed by atoms with Crippen LogP contribution in [0.3, 0.4) is 0 Å². The number of ether oxygens (including phenoxy) is 1. The Morgan fingerprint density at radius 1 is 1.13 bits per heavy atom. The van der Waals surface area contributed by atoms with Crippen molar-refractivity contribution in [1.29, 1.82) is 0 Å². The van der Waals surface area contributed by atoms with Gasteiger partial charge in [-0.3, -0.25) is 24.5 Å². The van der Waals surface area contributed by atoms with Crippen LogP contribution in [-0.2, 0) is 9.53 Å². The molecule has 0 aromatic carbocycles. The van der Waals surface area contributed by atoms with Crippen molar-refractivity contribution in [2.24, 2.45) is 27.8 Å². The predicted octanol–water partition coefficient (Wildman–Crippen LogP) is -0.400. The highest BCUT2D eigenvalue weighted by Gasteiger charge is 2.44. The summed E-state index contributed by atoms with van der Waals surface area (Å²) in [6.45, 7) is 13.2. The number of aliphatic imine (C=N–C) groups is 1. The van der Waals surface area contributed by atoms with Crippen LogP contribution in [0.4, 0.5) is 4.39 Å². The van der Waals surface area contributed by atoms with Crippen molar-refractivity contribution in [1.82, 2.24) is 25.3 Å². The third-order valence-corrected chi connectivity index (χ3v) is 9.85. The number of piperazine rings is 2. The van der Waals surface area contributed by atoms with E-state index in [-0.39, 0.29) is 35.3 Å². The Hall–Kier alpha value is -0.920. The Morgan fingerprint density at radius 2 is 1.82 bits per heavy atom.